The molecule has 3 rings (SSSR count). The predicted octanol–water partition coefficient (Wildman–Crippen LogP) is 4.32. The van der Waals surface area contributed by atoms with Crippen LogP contribution in [0.2, 0.25) is 10.0 Å². The number of ether oxygens (including phenoxy) is 2. The molecule has 2 saturated heterocycles. The number of carbonyl (C=O) groups is 1. The summed E-state index contributed by atoms with van der Waals surface area (Å²) in [4.78, 5) is 12.1. The predicted molar refractivity (Wildman–Crippen MR) is 99.2 cm³/mol. The topological polar surface area (TPSA) is 35.5 Å². The Morgan fingerprint density at radius 3 is 2.80 bits per heavy atom. The second-order valence-electron chi connectivity index (χ2n) is 7.44. The van der Waals surface area contributed by atoms with Gasteiger partial charge in [-0.15, -0.1) is 0 Å². The number of nitrogens with zero attached hydrogens (tertiary/aromatic N) is 1. The van der Waals surface area contributed by atoms with Gasteiger partial charge in [-0.2, -0.15) is 0 Å². The normalized spacial score (nSPS) is 28.9. The first-order valence-corrected chi connectivity index (χ1v) is 9.81. The molecule has 2 aliphatic rings. The summed E-state index contributed by atoms with van der Waals surface area (Å²) < 4.78 is 12.1. The number of benzene rings is 1. The van der Waals surface area contributed by atoms with Crippen LogP contribution in [-0.4, -0.2) is 49.8 Å². The van der Waals surface area contributed by atoms with E-state index in [1.54, 1.807) is 18.2 Å². The van der Waals surface area contributed by atoms with Gasteiger partial charge in [-0.3, -0.25) is 0 Å². The highest BCUT2D eigenvalue weighted by atomic mass is 35.5. The Kier molecular flexibility index (Phi) is 6.13. The van der Waals surface area contributed by atoms with E-state index in [1.807, 2.05) is 0 Å². The fraction of sp³-hybridized carbons (Fsp3) is 0.632. The van der Waals surface area contributed by atoms with Gasteiger partial charge in [0, 0.05) is 17.4 Å². The minimum Gasteiger partial charge on any atom is -0.480 e. The fourth-order valence-corrected chi connectivity index (χ4v) is 4.86. The van der Waals surface area contributed by atoms with E-state index >= 15 is 0 Å². The van der Waals surface area contributed by atoms with Gasteiger partial charge in [-0.05, 0) is 43.9 Å². The molecule has 0 bridgehead atoms. The summed E-state index contributed by atoms with van der Waals surface area (Å²) >= 11 is 11.9. The van der Waals surface area contributed by atoms with Crippen molar-refractivity contribution in [2.24, 2.45) is 5.92 Å². The van der Waals surface area contributed by atoms with Crippen LogP contribution in [0.15, 0.2) is 18.2 Å². The standard InChI is InChI=1S/C19H26Cl2NO3/c1-22-9-3-2-6-17(22)14(5-4-10-22)12-25-19(23)13-24-18-8-7-15(20)11-16(18)21/h7-8,11,14,17H,2-6,9-10,12-13H2,1H3/q+1/t14-,17-,22+/m0/s1. The number of rotatable bonds is 5. The molecular formula is C19H26Cl2NO3+. The van der Waals surface area contributed by atoms with Gasteiger partial charge in [-0.1, -0.05) is 23.2 Å². The molecule has 4 nitrogen and oxygen atoms in total. The fourth-order valence-electron chi connectivity index (χ4n) is 4.40. The van der Waals surface area contributed by atoms with Gasteiger partial charge in [0.05, 0.1) is 37.8 Å². The second kappa shape index (κ2) is 8.15. The minimum atomic E-state index is -0.346. The Labute approximate surface area is 159 Å². The van der Waals surface area contributed by atoms with E-state index in [-0.39, 0.29) is 12.6 Å². The Bertz CT molecular complexity index is 621. The van der Waals surface area contributed by atoms with Gasteiger partial charge in [0.25, 0.3) is 0 Å². The van der Waals surface area contributed by atoms with Gasteiger partial charge in [0.2, 0.25) is 0 Å². The molecule has 1 aromatic rings. The van der Waals surface area contributed by atoms with E-state index in [1.165, 1.54) is 38.8 Å². The molecule has 0 radical (unpaired) electrons. The lowest BCUT2D eigenvalue weighted by molar-refractivity contribution is -0.947. The molecule has 0 N–H and O–H groups in total. The summed E-state index contributed by atoms with van der Waals surface area (Å²) in [6, 6.07) is 5.55. The van der Waals surface area contributed by atoms with Gasteiger partial charge in [0.1, 0.15) is 5.75 Å². The number of quaternary nitrogens is 1. The zero-order valence-corrected chi connectivity index (χ0v) is 16.2. The van der Waals surface area contributed by atoms with Crippen molar-refractivity contribution in [2.75, 3.05) is 33.4 Å². The summed E-state index contributed by atoms with van der Waals surface area (Å²) in [5.41, 5.74) is 0. The van der Waals surface area contributed by atoms with Crippen molar-refractivity contribution < 1.29 is 18.8 Å². The van der Waals surface area contributed by atoms with Gasteiger partial charge >= 0.3 is 5.97 Å². The molecule has 0 unspecified atom stereocenters. The average Bonchev–Trinajstić information content (AvgIpc) is 2.58. The van der Waals surface area contributed by atoms with E-state index in [0.717, 1.165) is 10.9 Å². The van der Waals surface area contributed by atoms with E-state index < -0.39 is 0 Å². The smallest absolute Gasteiger partial charge is 0.344 e. The summed E-state index contributed by atoms with van der Waals surface area (Å²) in [6.07, 6.45) is 6.22. The van der Waals surface area contributed by atoms with Crippen molar-refractivity contribution >= 4 is 29.2 Å². The molecule has 2 heterocycles. The molecule has 1 aromatic carbocycles. The monoisotopic (exact) mass is 386 g/mol. The van der Waals surface area contributed by atoms with Crippen molar-refractivity contribution in [2.45, 2.75) is 38.1 Å². The third kappa shape index (κ3) is 4.60. The number of carbonyl (C=O) groups excluding carboxylic acids is 1. The lowest BCUT2D eigenvalue weighted by atomic mass is 9.82. The third-order valence-corrected chi connectivity index (χ3v) is 6.24. The zero-order valence-electron chi connectivity index (χ0n) is 14.7. The molecule has 0 spiro atoms. The first-order chi connectivity index (χ1) is 12.0. The van der Waals surface area contributed by atoms with Crippen molar-refractivity contribution in [3.8, 4) is 5.75 Å². The summed E-state index contributed by atoms with van der Waals surface area (Å²) in [5, 5.41) is 0.925. The van der Waals surface area contributed by atoms with Gasteiger partial charge < -0.3 is 14.0 Å². The lowest BCUT2D eigenvalue weighted by Gasteiger charge is -2.51. The summed E-state index contributed by atoms with van der Waals surface area (Å²) in [7, 11) is 2.36. The lowest BCUT2D eigenvalue weighted by Crippen LogP contribution is -2.61. The van der Waals surface area contributed by atoms with Crippen LogP contribution in [0, 0.1) is 5.92 Å². The maximum Gasteiger partial charge on any atom is 0.344 e. The van der Waals surface area contributed by atoms with Crippen LogP contribution in [0.3, 0.4) is 0 Å². The van der Waals surface area contributed by atoms with Crippen molar-refractivity contribution in [1.29, 1.82) is 0 Å². The second-order valence-corrected chi connectivity index (χ2v) is 8.28. The van der Waals surface area contributed by atoms with E-state index in [0.29, 0.717) is 34.4 Å². The number of hydrogen-bond acceptors (Lipinski definition) is 3. The van der Waals surface area contributed by atoms with Crippen LogP contribution in [0.5, 0.6) is 5.75 Å². The number of halogens is 2. The number of hydrogen-bond donors (Lipinski definition) is 0. The molecule has 0 amide bonds. The molecule has 2 aliphatic heterocycles. The van der Waals surface area contributed by atoms with Crippen molar-refractivity contribution in [1.82, 2.24) is 0 Å². The first-order valence-electron chi connectivity index (χ1n) is 9.06. The van der Waals surface area contributed by atoms with E-state index in [9.17, 15) is 4.79 Å². The van der Waals surface area contributed by atoms with Crippen molar-refractivity contribution in [3.05, 3.63) is 28.2 Å². The van der Waals surface area contributed by atoms with Crippen LogP contribution in [0.25, 0.3) is 0 Å². The Morgan fingerprint density at radius 1 is 1.20 bits per heavy atom. The third-order valence-electron chi connectivity index (χ3n) is 5.71. The molecular weight excluding hydrogens is 361 g/mol. The Hall–Kier alpha value is -0.970. The van der Waals surface area contributed by atoms with Crippen LogP contribution in [-0.2, 0) is 9.53 Å². The molecule has 3 atom stereocenters. The SMILES string of the molecule is C[N@+]12CCCC[C@H]1[C@H](COC(=O)COc1ccc(Cl)cc1Cl)CCC2. The average molecular weight is 387 g/mol. The van der Waals surface area contributed by atoms with E-state index in [2.05, 4.69) is 7.05 Å². The molecule has 0 saturated carbocycles. The summed E-state index contributed by atoms with van der Waals surface area (Å²) in [6.45, 7) is 2.88. The Morgan fingerprint density at radius 2 is 2.00 bits per heavy atom. The van der Waals surface area contributed by atoms with Crippen LogP contribution >= 0.6 is 23.2 Å². The van der Waals surface area contributed by atoms with Crippen LogP contribution in [0.4, 0.5) is 0 Å². The highest BCUT2D eigenvalue weighted by molar-refractivity contribution is 6.35. The summed E-state index contributed by atoms with van der Waals surface area (Å²) in [5.74, 6) is 0.556. The molecule has 25 heavy (non-hydrogen) atoms. The van der Waals surface area contributed by atoms with Gasteiger partial charge in [-0.25, -0.2) is 4.79 Å². The van der Waals surface area contributed by atoms with Gasteiger partial charge in [0.15, 0.2) is 6.61 Å². The quantitative estimate of drug-likeness (QED) is 0.558. The molecule has 138 valence electrons. The van der Waals surface area contributed by atoms with Crippen molar-refractivity contribution in [3.63, 3.8) is 0 Å². The zero-order chi connectivity index (χ0) is 17.9. The number of piperidine rings is 2. The molecule has 6 heteroatoms. The maximum absolute atomic E-state index is 12.1. The first kappa shape index (κ1) is 18.8. The highest BCUT2D eigenvalue weighted by Gasteiger charge is 2.43. The van der Waals surface area contributed by atoms with Crippen LogP contribution < -0.4 is 4.74 Å². The highest BCUT2D eigenvalue weighted by Crippen LogP contribution is 2.36. The maximum atomic E-state index is 12.1. The number of esters is 1. The Balaban J connectivity index is 1.48. The molecule has 0 aliphatic carbocycles. The number of fused-ring (bicyclic) bond motifs is 1. The van der Waals surface area contributed by atoms with E-state index in [4.69, 9.17) is 32.7 Å². The van der Waals surface area contributed by atoms with Crippen LogP contribution in [0.1, 0.15) is 32.1 Å². The largest absolute Gasteiger partial charge is 0.480 e. The minimum absolute atomic E-state index is 0.134. The molecule has 0 aromatic heterocycles. The molecule has 2 fully saturated rings.